The van der Waals surface area contributed by atoms with Gasteiger partial charge in [0.25, 0.3) is 5.91 Å². The van der Waals surface area contributed by atoms with Crippen molar-refractivity contribution in [3.63, 3.8) is 0 Å². The van der Waals surface area contributed by atoms with Crippen LogP contribution in [0.1, 0.15) is 66.9 Å². The summed E-state index contributed by atoms with van der Waals surface area (Å²) in [7, 11) is 0. The third-order valence-electron chi connectivity index (χ3n) is 4.34. The van der Waals surface area contributed by atoms with Crippen LogP contribution in [0.5, 0.6) is 5.75 Å². The summed E-state index contributed by atoms with van der Waals surface area (Å²) in [5, 5.41) is 4.02. The molecule has 144 valence electrons. The number of benzene rings is 2. The number of nitrogens with one attached hydrogen (secondary N) is 1. The van der Waals surface area contributed by atoms with Crippen LogP contribution in [0.25, 0.3) is 0 Å². The molecule has 2 rings (SSSR count). The molecule has 0 atom stereocenters. The molecule has 0 aliphatic heterocycles. The van der Waals surface area contributed by atoms with Crippen LogP contribution in [0.15, 0.2) is 53.6 Å². The Hall–Kier alpha value is -2.62. The van der Waals surface area contributed by atoms with Crippen molar-refractivity contribution in [1.29, 1.82) is 0 Å². The molecule has 0 aliphatic carbocycles. The van der Waals surface area contributed by atoms with E-state index >= 15 is 0 Å². The summed E-state index contributed by atoms with van der Waals surface area (Å²) in [6.07, 6.45) is 9.18. The lowest BCUT2D eigenvalue weighted by atomic mass is 10.1. The molecule has 0 spiro atoms. The lowest BCUT2D eigenvalue weighted by molar-refractivity contribution is 0.0955. The van der Waals surface area contributed by atoms with E-state index < -0.39 is 0 Å². The number of carbonyl (C=O) groups is 1. The number of unbranched alkanes of at least 4 members (excludes halogenated alkanes) is 5. The third kappa shape index (κ3) is 8.07. The highest BCUT2D eigenvalue weighted by atomic mass is 16.5. The molecule has 2 aromatic rings. The van der Waals surface area contributed by atoms with E-state index in [0.717, 1.165) is 29.9 Å². The van der Waals surface area contributed by atoms with Crippen molar-refractivity contribution in [3.8, 4) is 5.75 Å². The lowest BCUT2D eigenvalue weighted by Crippen LogP contribution is -2.17. The van der Waals surface area contributed by atoms with Gasteiger partial charge in [-0.3, -0.25) is 4.79 Å². The van der Waals surface area contributed by atoms with E-state index in [-0.39, 0.29) is 5.91 Å². The molecule has 27 heavy (non-hydrogen) atoms. The van der Waals surface area contributed by atoms with Crippen LogP contribution in [-0.4, -0.2) is 18.7 Å². The Bertz CT molecular complexity index is 706. The monoisotopic (exact) mass is 366 g/mol. The Labute approximate surface area is 162 Å². The summed E-state index contributed by atoms with van der Waals surface area (Å²) in [5.74, 6) is 0.648. The standard InChI is InChI=1S/C23H30N2O2/c1-3-4-5-6-7-8-17-27-22-15-11-20(12-16-22)18-24-25-23(26)21-13-9-19(2)10-14-21/h9-16,18H,3-8,17H2,1-2H3,(H,25,26)/b24-18+. The minimum Gasteiger partial charge on any atom is -0.494 e. The van der Waals surface area contributed by atoms with Crippen LogP contribution in [0.4, 0.5) is 0 Å². The Morgan fingerprint density at radius 2 is 1.63 bits per heavy atom. The number of aryl methyl sites for hydroxylation is 1. The molecule has 0 heterocycles. The number of rotatable bonds is 11. The molecular weight excluding hydrogens is 336 g/mol. The molecule has 0 aliphatic rings. The maximum absolute atomic E-state index is 12.0. The van der Waals surface area contributed by atoms with E-state index in [2.05, 4.69) is 17.5 Å². The van der Waals surface area contributed by atoms with Gasteiger partial charge >= 0.3 is 0 Å². The number of hydrogen-bond acceptors (Lipinski definition) is 3. The van der Waals surface area contributed by atoms with Crippen molar-refractivity contribution < 1.29 is 9.53 Å². The molecular formula is C23H30N2O2. The van der Waals surface area contributed by atoms with Crippen LogP contribution >= 0.6 is 0 Å². The van der Waals surface area contributed by atoms with E-state index in [1.165, 1.54) is 32.1 Å². The van der Waals surface area contributed by atoms with E-state index in [4.69, 9.17) is 4.74 Å². The second kappa shape index (κ2) is 11.9. The summed E-state index contributed by atoms with van der Waals surface area (Å²) in [6, 6.07) is 15.1. The zero-order chi connectivity index (χ0) is 19.3. The molecule has 0 radical (unpaired) electrons. The van der Waals surface area contributed by atoms with E-state index in [0.29, 0.717) is 5.56 Å². The third-order valence-corrected chi connectivity index (χ3v) is 4.34. The van der Waals surface area contributed by atoms with Crippen LogP contribution in [0, 0.1) is 6.92 Å². The summed E-state index contributed by atoms with van der Waals surface area (Å²) in [4.78, 5) is 12.0. The molecule has 4 nitrogen and oxygen atoms in total. The molecule has 0 saturated heterocycles. The first-order valence-electron chi connectivity index (χ1n) is 9.82. The summed E-state index contributed by atoms with van der Waals surface area (Å²) < 4.78 is 5.76. The highest BCUT2D eigenvalue weighted by molar-refractivity contribution is 5.94. The van der Waals surface area contributed by atoms with Crippen molar-refractivity contribution in [2.24, 2.45) is 5.10 Å². The van der Waals surface area contributed by atoms with Crippen molar-refractivity contribution in [2.45, 2.75) is 52.4 Å². The average Bonchev–Trinajstić information content (AvgIpc) is 2.69. The second-order valence-electron chi connectivity index (χ2n) is 6.75. The van der Waals surface area contributed by atoms with E-state index in [1.54, 1.807) is 18.3 Å². The molecule has 4 heteroatoms. The number of hydrogen-bond donors (Lipinski definition) is 1. The zero-order valence-electron chi connectivity index (χ0n) is 16.4. The summed E-state index contributed by atoms with van der Waals surface area (Å²) >= 11 is 0. The summed E-state index contributed by atoms with van der Waals surface area (Å²) in [6.45, 7) is 4.97. The molecule has 0 unspecified atom stereocenters. The molecule has 1 amide bonds. The van der Waals surface area contributed by atoms with Crippen molar-refractivity contribution in [2.75, 3.05) is 6.61 Å². The Morgan fingerprint density at radius 3 is 2.33 bits per heavy atom. The molecule has 0 fully saturated rings. The van der Waals surface area contributed by atoms with Gasteiger partial charge in [-0.25, -0.2) is 5.43 Å². The highest BCUT2D eigenvalue weighted by Crippen LogP contribution is 2.12. The van der Waals surface area contributed by atoms with Crippen LogP contribution in [-0.2, 0) is 0 Å². The van der Waals surface area contributed by atoms with Crippen LogP contribution in [0.3, 0.4) is 0 Å². The van der Waals surface area contributed by atoms with Crippen molar-refractivity contribution in [1.82, 2.24) is 5.43 Å². The van der Waals surface area contributed by atoms with Gasteiger partial charge in [0.15, 0.2) is 0 Å². The first-order valence-corrected chi connectivity index (χ1v) is 9.82. The Kier molecular flexibility index (Phi) is 9.11. The maximum atomic E-state index is 12.0. The molecule has 2 aromatic carbocycles. The number of hydrazone groups is 1. The van der Waals surface area contributed by atoms with Gasteiger partial charge in [-0.1, -0.05) is 56.7 Å². The predicted molar refractivity (Wildman–Crippen MR) is 112 cm³/mol. The topological polar surface area (TPSA) is 50.7 Å². The van der Waals surface area contributed by atoms with Crippen molar-refractivity contribution >= 4 is 12.1 Å². The normalized spacial score (nSPS) is 10.9. The van der Waals surface area contributed by atoms with Gasteiger partial charge in [0.1, 0.15) is 5.75 Å². The van der Waals surface area contributed by atoms with E-state index in [1.807, 2.05) is 43.3 Å². The van der Waals surface area contributed by atoms with Gasteiger partial charge in [-0.2, -0.15) is 5.10 Å². The van der Waals surface area contributed by atoms with Crippen molar-refractivity contribution in [3.05, 3.63) is 65.2 Å². The SMILES string of the molecule is CCCCCCCCOc1ccc(/C=N/NC(=O)c2ccc(C)cc2)cc1. The second-order valence-corrected chi connectivity index (χ2v) is 6.75. The summed E-state index contributed by atoms with van der Waals surface area (Å²) in [5.41, 5.74) is 5.16. The fraction of sp³-hybridized carbons (Fsp3) is 0.391. The molecule has 0 saturated carbocycles. The maximum Gasteiger partial charge on any atom is 0.271 e. The first kappa shape index (κ1) is 20.7. The molecule has 0 aromatic heterocycles. The quantitative estimate of drug-likeness (QED) is 0.324. The highest BCUT2D eigenvalue weighted by Gasteiger charge is 2.02. The molecule has 1 N–H and O–H groups in total. The lowest BCUT2D eigenvalue weighted by Gasteiger charge is -2.06. The van der Waals surface area contributed by atoms with Gasteiger partial charge in [-0.05, 0) is 55.3 Å². The first-order chi connectivity index (χ1) is 13.2. The number of nitrogens with zero attached hydrogens (tertiary/aromatic N) is 1. The minimum absolute atomic E-state index is 0.217. The van der Waals surface area contributed by atoms with Gasteiger partial charge in [-0.15, -0.1) is 0 Å². The predicted octanol–water partition coefficient (Wildman–Crippen LogP) is 5.50. The Balaban J connectivity index is 1.69. The Morgan fingerprint density at radius 1 is 0.963 bits per heavy atom. The van der Waals surface area contributed by atoms with E-state index in [9.17, 15) is 4.79 Å². The number of ether oxygens (including phenoxy) is 1. The molecule has 0 bridgehead atoms. The minimum atomic E-state index is -0.217. The van der Waals surface area contributed by atoms with Gasteiger partial charge in [0.05, 0.1) is 12.8 Å². The number of amides is 1. The van der Waals surface area contributed by atoms with Crippen LogP contribution in [0.2, 0.25) is 0 Å². The van der Waals surface area contributed by atoms with Crippen LogP contribution < -0.4 is 10.2 Å². The number of carbonyl (C=O) groups excluding carboxylic acids is 1. The zero-order valence-corrected chi connectivity index (χ0v) is 16.4. The largest absolute Gasteiger partial charge is 0.494 e. The van der Waals surface area contributed by atoms with Gasteiger partial charge in [0.2, 0.25) is 0 Å². The van der Waals surface area contributed by atoms with Gasteiger partial charge in [0, 0.05) is 5.56 Å². The van der Waals surface area contributed by atoms with Gasteiger partial charge < -0.3 is 4.74 Å². The average molecular weight is 367 g/mol. The smallest absolute Gasteiger partial charge is 0.271 e. The fourth-order valence-corrected chi connectivity index (χ4v) is 2.66. The fourth-order valence-electron chi connectivity index (χ4n) is 2.66.